The number of amides is 1. The van der Waals surface area contributed by atoms with Crippen LogP contribution >= 0.6 is 11.8 Å². The summed E-state index contributed by atoms with van der Waals surface area (Å²) in [7, 11) is 0. The maximum absolute atomic E-state index is 13.4. The van der Waals surface area contributed by atoms with Crippen molar-refractivity contribution in [1.29, 1.82) is 0 Å². The van der Waals surface area contributed by atoms with E-state index >= 15 is 0 Å². The van der Waals surface area contributed by atoms with Gasteiger partial charge in [-0.15, -0.1) is 10.2 Å². The Labute approximate surface area is 190 Å². The van der Waals surface area contributed by atoms with E-state index in [9.17, 15) is 9.18 Å². The molecule has 2 aliphatic rings. The highest BCUT2D eigenvalue weighted by atomic mass is 32.2. The molecule has 8 heteroatoms. The van der Waals surface area contributed by atoms with E-state index in [1.807, 2.05) is 34.6 Å². The first-order chi connectivity index (χ1) is 15.6. The van der Waals surface area contributed by atoms with Gasteiger partial charge in [0, 0.05) is 24.4 Å². The van der Waals surface area contributed by atoms with E-state index in [4.69, 9.17) is 4.74 Å². The molecule has 1 amide bonds. The highest BCUT2D eigenvalue weighted by Crippen LogP contribution is 2.33. The number of para-hydroxylation sites is 1. The second-order valence-electron chi connectivity index (χ2n) is 8.19. The van der Waals surface area contributed by atoms with Crippen molar-refractivity contribution in [2.24, 2.45) is 0 Å². The Hall–Kier alpha value is -2.71. The number of ether oxygens (including phenoxy) is 1. The second kappa shape index (κ2) is 9.03. The van der Waals surface area contributed by atoms with Gasteiger partial charge in [-0.05, 0) is 62.1 Å². The Morgan fingerprint density at radius 3 is 2.81 bits per heavy atom. The van der Waals surface area contributed by atoms with Crippen molar-refractivity contribution in [3.63, 3.8) is 0 Å². The molecule has 0 saturated carbocycles. The molecule has 2 aromatic carbocycles. The third-order valence-corrected chi connectivity index (χ3v) is 7.08. The molecule has 0 aliphatic carbocycles. The average molecular weight is 453 g/mol. The summed E-state index contributed by atoms with van der Waals surface area (Å²) in [5, 5.41) is 9.15. The van der Waals surface area contributed by atoms with E-state index in [0.29, 0.717) is 24.1 Å². The molecule has 0 N–H and O–H groups in total. The van der Waals surface area contributed by atoms with Gasteiger partial charge in [0.25, 0.3) is 0 Å². The van der Waals surface area contributed by atoms with Gasteiger partial charge in [0.15, 0.2) is 11.0 Å². The Morgan fingerprint density at radius 2 is 2.03 bits per heavy atom. The summed E-state index contributed by atoms with van der Waals surface area (Å²) in [5.74, 6) is 0.433. The lowest BCUT2D eigenvalue weighted by Crippen LogP contribution is -2.35. The largest absolute Gasteiger partial charge is 0.376 e. The zero-order valence-corrected chi connectivity index (χ0v) is 18.7. The minimum atomic E-state index is -0.324. The van der Waals surface area contributed by atoms with Crippen molar-refractivity contribution in [3.05, 3.63) is 59.9 Å². The monoisotopic (exact) mass is 452 g/mol. The van der Waals surface area contributed by atoms with Crippen molar-refractivity contribution in [2.45, 2.75) is 49.2 Å². The van der Waals surface area contributed by atoms with Crippen LogP contribution < -0.4 is 4.90 Å². The number of benzene rings is 2. The van der Waals surface area contributed by atoms with E-state index < -0.39 is 0 Å². The van der Waals surface area contributed by atoms with Crippen molar-refractivity contribution in [1.82, 2.24) is 14.8 Å². The third kappa shape index (κ3) is 4.17. The molecule has 0 radical (unpaired) electrons. The summed E-state index contributed by atoms with van der Waals surface area (Å²) in [6.07, 6.45) is 2.97. The van der Waals surface area contributed by atoms with Gasteiger partial charge in [0.2, 0.25) is 5.91 Å². The summed E-state index contributed by atoms with van der Waals surface area (Å²) in [4.78, 5) is 15.1. The number of carbonyl (C=O) groups is 1. The predicted octanol–water partition coefficient (Wildman–Crippen LogP) is 4.33. The fourth-order valence-corrected chi connectivity index (χ4v) is 5.26. The number of carbonyl (C=O) groups excluding carboxylic acids is 1. The minimum Gasteiger partial charge on any atom is -0.376 e. The minimum absolute atomic E-state index is 0.0648. The first-order valence-corrected chi connectivity index (χ1v) is 11.8. The number of hydrogen-bond acceptors (Lipinski definition) is 5. The molecule has 1 fully saturated rings. The van der Waals surface area contributed by atoms with Crippen LogP contribution in [0.4, 0.5) is 10.1 Å². The molecule has 3 aromatic rings. The quantitative estimate of drug-likeness (QED) is 0.521. The fraction of sp³-hybridized carbons (Fsp3) is 0.375. The van der Waals surface area contributed by atoms with Crippen LogP contribution in [0.3, 0.4) is 0 Å². The molecular formula is C24H25FN4O2S. The molecule has 3 heterocycles. The molecule has 5 rings (SSSR count). The Morgan fingerprint density at radius 1 is 1.22 bits per heavy atom. The molecule has 166 valence electrons. The van der Waals surface area contributed by atoms with Gasteiger partial charge in [-0.2, -0.15) is 0 Å². The highest BCUT2D eigenvalue weighted by molar-refractivity contribution is 8.00. The van der Waals surface area contributed by atoms with E-state index in [0.717, 1.165) is 37.1 Å². The number of thioether (sulfide) groups is 1. The topological polar surface area (TPSA) is 60.2 Å². The van der Waals surface area contributed by atoms with Gasteiger partial charge >= 0.3 is 0 Å². The number of hydrogen-bond donors (Lipinski definition) is 0. The van der Waals surface area contributed by atoms with Crippen LogP contribution in [0.5, 0.6) is 0 Å². The third-order valence-electron chi connectivity index (χ3n) is 6.01. The summed E-state index contributed by atoms with van der Waals surface area (Å²) < 4.78 is 21.3. The van der Waals surface area contributed by atoms with E-state index in [1.54, 1.807) is 12.1 Å². The lowest BCUT2D eigenvalue weighted by molar-refractivity contribution is -0.117. The van der Waals surface area contributed by atoms with Crippen molar-refractivity contribution >= 4 is 23.4 Å². The molecule has 32 heavy (non-hydrogen) atoms. The lowest BCUT2D eigenvalue weighted by Gasteiger charge is -2.21. The summed E-state index contributed by atoms with van der Waals surface area (Å²) in [6, 6.07) is 14.3. The zero-order valence-electron chi connectivity index (χ0n) is 17.9. The van der Waals surface area contributed by atoms with E-state index in [-0.39, 0.29) is 23.1 Å². The van der Waals surface area contributed by atoms with E-state index in [2.05, 4.69) is 16.3 Å². The van der Waals surface area contributed by atoms with Gasteiger partial charge in [0.05, 0.1) is 17.9 Å². The van der Waals surface area contributed by atoms with Gasteiger partial charge in [0.1, 0.15) is 5.82 Å². The molecular weight excluding hydrogens is 427 g/mol. The molecule has 2 atom stereocenters. The van der Waals surface area contributed by atoms with Gasteiger partial charge < -0.3 is 9.64 Å². The number of halogens is 1. The maximum Gasteiger partial charge on any atom is 0.240 e. The van der Waals surface area contributed by atoms with Gasteiger partial charge in [-0.1, -0.05) is 30.0 Å². The van der Waals surface area contributed by atoms with Crippen LogP contribution in [0, 0.1) is 5.82 Å². The first-order valence-electron chi connectivity index (χ1n) is 11.0. The van der Waals surface area contributed by atoms with Crippen LogP contribution in [0.2, 0.25) is 0 Å². The number of fused-ring (bicyclic) bond motifs is 1. The smallest absolute Gasteiger partial charge is 0.240 e. The zero-order chi connectivity index (χ0) is 22.1. The van der Waals surface area contributed by atoms with Crippen LogP contribution in [0.15, 0.2) is 53.7 Å². The molecule has 6 nitrogen and oxygen atoms in total. The standard InChI is InChI=1S/C24H25FN4O2S/c1-16(23(30)28-13-12-17-5-2-3-7-21(17)28)32-24-27-26-22(18-8-10-19(25)11-9-18)29(24)15-20-6-4-14-31-20/h2-3,5,7-11,16,20H,4,6,12-15H2,1H3. The molecule has 1 saturated heterocycles. The maximum atomic E-state index is 13.4. The molecule has 0 spiro atoms. The molecule has 0 bridgehead atoms. The summed E-state index contributed by atoms with van der Waals surface area (Å²) >= 11 is 1.41. The predicted molar refractivity (Wildman–Crippen MR) is 122 cm³/mol. The molecule has 1 aromatic heterocycles. The molecule has 2 unspecified atom stereocenters. The van der Waals surface area contributed by atoms with Gasteiger partial charge in [-0.3, -0.25) is 9.36 Å². The first kappa shape index (κ1) is 21.2. The highest BCUT2D eigenvalue weighted by Gasteiger charge is 2.30. The van der Waals surface area contributed by atoms with Crippen molar-refractivity contribution in [3.8, 4) is 11.4 Å². The lowest BCUT2D eigenvalue weighted by atomic mass is 10.2. The Bertz CT molecular complexity index is 1110. The second-order valence-corrected chi connectivity index (χ2v) is 9.50. The number of nitrogens with zero attached hydrogens (tertiary/aromatic N) is 4. The average Bonchev–Trinajstić information content (AvgIpc) is 3.55. The van der Waals surface area contributed by atoms with Gasteiger partial charge in [-0.25, -0.2) is 4.39 Å². The Kier molecular flexibility index (Phi) is 5.97. The van der Waals surface area contributed by atoms with Crippen molar-refractivity contribution < 1.29 is 13.9 Å². The van der Waals surface area contributed by atoms with Crippen molar-refractivity contribution in [2.75, 3.05) is 18.1 Å². The number of rotatable bonds is 6. The van der Waals surface area contributed by atoms with Crippen LogP contribution in [-0.2, 0) is 22.5 Å². The fourth-order valence-electron chi connectivity index (χ4n) is 4.34. The molecule has 2 aliphatic heterocycles. The number of anilines is 1. The van der Waals surface area contributed by atoms with Crippen LogP contribution in [0.1, 0.15) is 25.3 Å². The normalized spacial score (nSPS) is 18.7. The SMILES string of the molecule is CC(Sc1nnc(-c2ccc(F)cc2)n1CC1CCCO1)C(=O)N1CCc2ccccc21. The van der Waals surface area contributed by atoms with Crippen LogP contribution in [-0.4, -0.2) is 45.2 Å². The van der Waals surface area contributed by atoms with Crippen LogP contribution in [0.25, 0.3) is 11.4 Å². The Balaban J connectivity index is 1.40. The number of aromatic nitrogens is 3. The summed E-state index contributed by atoms with van der Waals surface area (Å²) in [6.45, 7) is 3.98. The summed E-state index contributed by atoms with van der Waals surface area (Å²) in [5.41, 5.74) is 2.99. The van der Waals surface area contributed by atoms with E-state index in [1.165, 1.54) is 29.5 Å².